The van der Waals surface area contributed by atoms with E-state index in [1.165, 1.54) is 25.7 Å². The summed E-state index contributed by atoms with van der Waals surface area (Å²) in [6, 6.07) is 0. The lowest BCUT2D eigenvalue weighted by molar-refractivity contribution is -0.870. The normalized spacial score (nSPS) is 13.5. The number of hydrogen-bond donors (Lipinski definition) is 1. The van der Waals surface area contributed by atoms with Gasteiger partial charge in [0.25, 0.3) is 6.29 Å². The first-order chi connectivity index (χ1) is 22.6. The minimum atomic E-state index is -1.51. The number of esters is 2. The van der Waals surface area contributed by atoms with Crippen molar-refractivity contribution in [2.75, 3.05) is 47.5 Å². The van der Waals surface area contributed by atoms with Crippen LogP contribution in [0.4, 0.5) is 0 Å². The summed E-state index contributed by atoms with van der Waals surface area (Å²) in [6.45, 7) is 4.65. The number of carbonyl (C=O) groups excluding carboxylic acids is 2. The lowest BCUT2D eigenvalue weighted by Gasteiger charge is -2.25. The maximum Gasteiger partial charge on any atom is 0.361 e. The number of nitrogens with zero attached hydrogens (tertiary/aromatic N) is 1. The zero-order valence-corrected chi connectivity index (χ0v) is 30.4. The number of aliphatic carboxylic acids is 1. The Balaban J connectivity index is 4.56. The molecular formula is C38H68NO8+. The molecule has 0 aromatic rings. The summed E-state index contributed by atoms with van der Waals surface area (Å²) in [5, 5.41) is 9.55. The SMILES string of the molecule is CC/C=C\C/C=C\C/C=C\CCCCCCCC(=O)OC(COC(=O)CCCCCCCCC)COC(OCC[N+](C)(C)C)C(=O)O. The fraction of sp³-hybridized carbons (Fsp3) is 0.763. The topological polar surface area (TPSA) is 108 Å². The van der Waals surface area contributed by atoms with Crippen LogP contribution in [0.2, 0.25) is 0 Å². The first-order valence-corrected chi connectivity index (χ1v) is 18.2. The van der Waals surface area contributed by atoms with Crippen molar-refractivity contribution in [2.45, 2.75) is 142 Å². The molecule has 2 unspecified atom stereocenters. The van der Waals surface area contributed by atoms with Crippen LogP contribution in [0.15, 0.2) is 36.5 Å². The molecule has 2 atom stereocenters. The van der Waals surface area contributed by atoms with Gasteiger partial charge in [0.1, 0.15) is 13.2 Å². The molecule has 0 heterocycles. The maximum absolute atomic E-state index is 12.6. The molecule has 0 radical (unpaired) electrons. The molecule has 0 aliphatic carbocycles. The van der Waals surface area contributed by atoms with Crippen molar-refractivity contribution < 1.29 is 42.9 Å². The van der Waals surface area contributed by atoms with E-state index in [0.29, 0.717) is 23.9 Å². The van der Waals surface area contributed by atoms with Gasteiger partial charge in [-0.2, -0.15) is 0 Å². The van der Waals surface area contributed by atoms with Crippen molar-refractivity contribution in [1.29, 1.82) is 0 Å². The molecule has 0 aliphatic heterocycles. The van der Waals surface area contributed by atoms with Gasteiger partial charge in [-0.05, 0) is 44.9 Å². The van der Waals surface area contributed by atoms with Crippen LogP contribution < -0.4 is 0 Å². The molecular weight excluding hydrogens is 598 g/mol. The van der Waals surface area contributed by atoms with Gasteiger partial charge < -0.3 is 28.5 Å². The zero-order valence-electron chi connectivity index (χ0n) is 30.4. The van der Waals surface area contributed by atoms with Crippen LogP contribution in [0, 0.1) is 0 Å². The minimum absolute atomic E-state index is 0.184. The van der Waals surface area contributed by atoms with Crippen LogP contribution in [0.1, 0.15) is 129 Å². The molecule has 0 aromatic carbocycles. The highest BCUT2D eigenvalue weighted by molar-refractivity contribution is 5.71. The Kier molecular flexibility index (Phi) is 29.2. The van der Waals surface area contributed by atoms with Crippen LogP contribution in [-0.2, 0) is 33.3 Å². The first kappa shape index (κ1) is 44.5. The summed E-state index contributed by atoms with van der Waals surface area (Å²) >= 11 is 0. The van der Waals surface area contributed by atoms with Crippen LogP contribution in [0.25, 0.3) is 0 Å². The summed E-state index contributed by atoms with van der Waals surface area (Å²) in [4.78, 5) is 36.7. The van der Waals surface area contributed by atoms with E-state index < -0.39 is 24.3 Å². The van der Waals surface area contributed by atoms with E-state index in [-0.39, 0.29) is 32.2 Å². The predicted molar refractivity (Wildman–Crippen MR) is 189 cm³/mol. The van der Waals surface area contributed by atoms with Crippen molar-refractivity contribution in [3.05, 3.63) is 36.5 Å². The number of carboxylic acids is 1. The van der Waals surface area contributed by atoms with Gasteiger partial charge in [-0.3, -0.25) is 9.59 Å². The lowest BCUT2D eigenvalue weighted by Crippen LogP contribution is -2.40. The molecule has 47 heavy (non-hydrogen) atoms. The Hall–Kier alpha value is -2.49. The second-order valence-corrected chi connectivity index (χ2v) is 13.2. The van der Waals surface area contributed by atoms with Crippen molar-refractivity contribution in [3.63, 3.8) is 0 Å². The average Bonchev–Trinajstić information content (AvgIpc) is 3.02. The number of ether oxygens (including phenoxy) is 4. The summed E-state index contributed by atoms with van der Waals surface area (Å²) < 4.78 is 22.5. The smallest absolute Gasteiger partial charge is 0.361 e. The first-order valence-electron chi connectivity index (χ1n) is 18.2. The third-order valence-corrected chi connectivity index (χ3v) is 7.41. The summed E-state index contributed by atoms with van der Waals surface area (Å²) in [5.74, 6) is -2.05. The van der Waals surface area contributed by atoms with Crippen molar-refractivity contribution in [2.24, 2.45) is 0 Å². The maximum atomic E-state index is 12.6. The van der Waals surface area contributed by atoms with Gasteiger partial charge in [-0.1, -0.05) is 108 Å². The number of rotatable bonds is 32. The average molecular weight is 667 g/mol. The highest BCUT2D eigenvalue weighted by atomic mass is 16.7. The summed E-state index contributed by atoms with van der Waals surface area (Å²) in [6.07, 6.45) is 27.9. The number of quaternary nitrogens is 1. The fourth-order valence-corrected chi connectivity index (χ4v) is 4.55. The Morgan fingerprint density at radius 3 is 1.81 bits per heavy atom. The monoisotopic (exact) mass is 666 g/mol. The van der Waals surface area contributed by atoms with Crippen molar-refractivity contribution in [3.8, 4) is 0 Å². The molecule has 9 nitrogen and oxygen atoms in total. The standard InChI is InChI=1S/C38H67NO8/c1-6-8-10-12-14-15-16-17-18-19-20-21-23-25-27-29-36(41)47-34(32-45-35(40)28-26-24-22-13-11-9-7-2)33-46-38(37(42)43)44-31-30-39(3,4)5/h8,10,14-15,17-18,34,38H,6-7,9,11-13,16,19-33H2,1-5H3/p+1/b10-8-,15-14-,18-17-. The van der Waals surface area contributed by atoms with Gasteiger partial charge in [0.2, 0.25) is 0 Å². The molecule has 9 heteroatoms. The number of carbonyl (C=O) groups is 3. The second kappa shape index (κ2) is 30.8. The second-order valence-electron chi connectivity index (χ2n) is 13.2. The largest absolute Gasteiger partial charge is 0.477 e. The summed E-state index contributed by atoms with van der Waals surface area (Å²) in [7, 11) is 5.93. The number of allylic oxidation sites excluding steroid dienone is 6. The van der Waals surface area contributed by atoms with Gasteiger partial charge >= 0.3 is 17.9 Å². The van der Waals surface area contributed by atoms with Gasteiger partial charge in [0.15, 0.2) is 6.10 Å². The number of unbranched alkanes of at least 4 members (excludes halogenated alkanes) is 11. The van der Waals surface area contributed by atoms with E-state index in [4.69, 9.17) is 18.9 Å². The van der Waals surface area contributed by atoms with Gasteiger partial charge in [0, 0.05) is 12.8 Å². The third kappa shape index (κ3) is 31.9. The van der Waals surface area contributed by atoms with Crippen LogP contribution in [0.5, 0.6) is 0 Å². The molecule has 0 fully saturated rings. The Labute approximate surface area is 286 Å². The van der Waals surface area contributed by atoms with Gasteiger partial charge in [-0.15, -0.1) is 0 Å². The van der Waals surface area contributed by atoms with E-state index in [0.717, 1.165) is 70.6 Å². The Bertz CT molecular complexity index is 877. The van der Waals surface area contributed by atoms with E-state index in [1.54, 1.807) is 0 Å². The minimum Gasteiger partial charge on any atom is -0.477 e. The number of carboxylic acid groups (broad SMARTS) is 1. The molecule has 0 saturated carbocycles. The van der Waals surface area contributed by atoms with E-state index in [9.17, 15) is 19.5 Å². The van der Waals surface area contributed by atoms with E-state index in [1.807, 2.05) is 21.1 Å². The molecule has 0 spiro atoms. The molecule has 0 saturated heterocycles. The zero-order chi connectivity index (χ0) is 35.0. The molecule has 0 bridgehead atoms. The van der Waals surface area contributed by atoms with Gasteiger partial charge in [-0.25, -0.2) is 4.79 Å². The number of hydrogen-bond acceptors (Lipinski definition) is 7. The Morgan fingerprint density at radius 1 is 0.660 bits per heavy atom. The Morgan fingerprint density at radius 2 is 1.21 bits per heavy atom. The van der Waals surface area contributed by atoms with Crippen LogP contribution >= 0.6 is 0 Å². The third-order valence-electron chi connectivity index (χ3n) is 7.41. The van der Waals surface area contributed by atoms with Crippen molar-refractivity contribution in [1.82, 2.24) is 0 Å². The molecule has 0 aromatic heterocycles. The highest BCUT2D eigenvalue weighted by Crippen LogP contribution is 2.12. The quantitative estimate of drug-likeness (QED) is 0.0251. The molecule has 0 aliphatic rings. The molecule has 0 rings (SSSR count). The highest BCUT2D eigenvalue weighted by Gasteiger charge is 2.25. The predicted octanol–water partition coefficient (Wildman–Crippen LogP) is 8.32. The molecule has 272 valence electrons. The molecule has 0 amide bonds. The van der Waals surface area contributed by atoms with Crippen molar-refractivity contribution >= 4 is 17.9 Å². The van der Waals surface area contributed by atoms with Gasteiger partial charge in [0.05, 0.1) is 34.4 Å². The van der Waals surface area contributed by atoms with Crippen LogP contribution in [0.3, 0.4) is 0 Å². The number of likely N-dealkylation sites (N-methyl/N-ethyl adjacent to an activating group) is 1. The van der Waals surface area contributed by atoms with E-state index in [2.05, 4.69) is 50.3 Å². The lowest BCUT2D eigenvalue weighted by atomic mass is 10.1. The van der Waals surface area contributed by atoms with Crippen LogP contribution in [-0.4, -0.2) is 87.4 Å². The summed E-state index contributed by atoms with van der Waals surface area (Å²) in [5.41, 5.74) is 0. The molecule has 1 N–H and O–H groups in total. The van der Waals surface area contributed by atoms with E-state index >= 15 is 0 Å². The fourth-order valence-electron chi connectivity index (χ4n) is 4.55.